The van der Waals surface area contributed by atoms with Gasteiger partial charge >= 0.3 is 0 Å². The lowest BCUT2D eigenvalue weighted by atomic mass is 10.1. The molecule has 6 aromatic rings. The number of aliphatic hydroxyl groups is 2. The van der Waals surface area contributed by atoms with Gasteiger partial charge in [-0.25, -0.2) is 0 Å². The van der Waals surface area contributed by atoms with Gasteiger partial charge in [-0.15, -0.1) is 0 Å². The highest BCUT2D eigenvalue weighted by molar-refractivity contribution is 5.51. The fourth-order valence-corrected chi connectivity index (χ4v) is 5.45. The van der Waals surface area contributed by atoms with Crippen LogP contribution in [0.4, 0.5) is 0 Å². The van der Waals surface area contributed by atoms with E-state index < -0.39 is 12.2 Å². The molecule has 7 heteroatoms. The molecule has 0 saturated heterocycles. The molecule has 0 aliphatic rings. The van der Waals surface area contributed by atoms with E-state index in [0.29, 0.717) is 53.9 Å². The fraction of sp³-hybridized carbons (Fsp3) is 0.163. The molecular formula is C43H40O7. The first-order valence-electron chi connectivity index (χ1n) is 16.5. The molecule has 0 aliphatic carbocycles. The third-order valence-corrected chi connectivity index (χ3v) is 8.21. The van der Waals surface area contributed by atoms with E-state index in [4.69, 9.17) is 18.9 Å². The minimum atomic E-state index is -1.31. The normalized spacial score (nSPS) is 12.1. The summed E-state index contributed by atoms with van der Waals surface area (Å²) in [5.41, 5.74) is 4.67. The van der Waals surface area contributed by atoms with Crippen LogP contribution in [0.15, 0.2) is 152 Å². The van der Waals surface area contributed by atoms with Gasteiger partial charge in [-0.3, -0.25) is 0 Å². The number of phenols is 1. The van der Waals surface area contributed by atoms with E-state index in [9.17, 15) is 15.3 Å². The van der Waals surface area contributed by atoms with Crippen molar-refractivity contribution in [2.24, 2.45) is 0 Å². The van der Waals surface area contributed by atoms with E-state index in [2.05, 4.69) is 0 Å². The Morgan fingerprint density at radius 1 is 0.480 bits per heavy atom. The van der Waals surface area contributed by atoms with Gasteiger partial charge in [-0.2, -0.15) is 0 Å². The van der Waals surface area contributed by atoms with Crippen molar-refractivity contribution in [1.82, 2.24) is 0 Å². The molecule has 0 saturated carbocycles. The maximum Gasteiger partial charge on any atom is 0.162 e. The van der Waals surface area contributed by atoms with Crippen LogP contribution in [0.3, 0.4) is 0 Å². The number of aromatic hydroxyl groups is 1. The van der Waals surface area contributed by atoms with Gasteiger partial charge in [-0.05, 0) is 39.9 Å². The third kappa shape index (κ3) is 9.44. The van der Waals surface area contributed by atoms with Crippen molar-refractivity contribution in [3.05, 3.63) is 185 Å². The van der Waals surface area contributed by atoms with Crippen LogP contribution in [-0.2, 0) is 32.8 Å². The molecule has 254 valence electrons. The Bertz CT molecular complexity index is 1920. The summed E-state index contributed by atoms with van der Waals surface area (Å²) >= 11 is 0. The Morgan fingerprint density at radius 3 is 1.42 bits per heavy atom. The molecule has 50 heavy (non-hydrogen) atoms. The van der Waals surface area contributed by atoms with Crippen LogP contribution in [0.5, 0.6) is 28.7 Å². The lowest BCUT2D eigenvalue weighted by Crippen LogP contribution is -2.21. The number of rotatable bonds is 16. The monoisotopic (exact) mass is 670 g/mol. The van der Waals surface area contributed by atoms with Gasteiger partial charge in [0.05, 0.1) is 6.10 Å². The van der Waals surface area contributed by atoms with Gasteiger partial charge in [0.1, 0.15) is 49.8 Å². The summed E-state index contributed by atoms with van der Waals surface area (Å²) in [6.07, 6.45) is -2.70. The summed E-state index contributed by atoms with van der Waals surface area (Å²) in [6, 6.07) is 47.3. The molecule has 7 nitrogen and oxygen atoms in total. The van der Waals surface area contributed by atoms with Crippen LogP contribution in [0, 0.1) is 0 Å². The minimum absolute atomic E-state index is 0.0947. The number of hydrogen-bond acceptors (Lipinski definition) is 7. The molecule has 0 aliphatic heterocycles. The highest BCUT2D eigenvalue weighted by atomic mass is 16.5. The predicted molar refractivity (Wildman–Crippen MR) is 192 cm³/mol. The zero-order chi connectivity index (χ0) is 34.5. The smallest absolute Gasteiger partial charge is 0.162 e. The Morgan fingerprint density at radius 2 is 0.920 bits per heavy atom. The number of hydrogen-bond donors (Lipinski definition) is 3. The minimum Gasteiger partial charge on any atom is -0.507 e. The van der Waals surface area contributed by atoms with Crippen LogP contribution in [0.25, 0.3) is 0 Å². The molecule has 3 N–H and O–H groups in total. The van der Waals surface area contributed by atoms with Crippen molar-refractivity contribution >= 4 is 0 Å². The highest BCUT2D eigenvalue weighted by Gasteiger charge is 2.25. The van der Waals surface area contributed by atoms with Crippen LogP contribution in [0.2, 0.25) is 0 Å². The van der Waals surface area contributed by atoms with Crippen molar-refractivity contribution < 1.29 is 34.3 Å². The molecule has 0 spiro atoms. The Hall–Kier alpha value is -5.76. The first-order chi connectivity index (χ1) is 24.5. The Kier molecular flexibility index (Phi) is 11.6. The number of ether oxygens (including phenoxy) is 4. The number of aliphatic hydroxyl groups excluding tert-OH is 2. The molecule has 0 radical (unpaired) electrons. The van der Waals surface area contributed by atoms with E-state index in [0.717, 1.165) is 22.3 Å². The fourth-order valence-electron chi connectivity index (χ4n) is 5.45. The van der Waals surface area contributed by atoms with Crippen molar-refractivity contribution in [2.45, 2.75) is 45.1 Å². The van der Waals surface area contributed by atoms with Crippen molar-refractivity contribution in [2.75, 3.05) is 0 Å². The van der Waals surface area contributed by atoms with Crippen molar-refractivity contribution in [3.8, 4) is 28.7 Å². The van der Waals surface area contributed by atoms with E-state index >= 15 is 0 Å². The molecule has 0 bridgehead atoms. The van der Waals surface area contributed by atoms with E-state index in [1.165, 1.54) is 6.07 Å². The Labute approximate surface area is 292 Å². The summed E-state index contributed by atoms with van der Waals surface area (Å²) in [6.45, 7) is 1.17. The summed E-state index contributed by atoms with van der Waals surface area (Å²) in [5, 5.41) is 34.0. The van der Waals surface area contributed by atoms with Gasteiger partial charge < -0.3 is 34.3 Å². The van der Waals surface area contributed by atoms with E-state index in [1.54, 1.807) is 24.3 Å². The second kappa shape index (κ2) is 17.1. The second-order valence-electron chi connectivity index (χ2n) is 11.9. The summed E-state index contributed by atoms with van der Waals surface area (Å²) < 4.78 is 24.5. The average molecular weight is 671 g/mol. The third-order valence-electron chi connectivity index (χ3n) is 8.21. The molecular weight excluding hydrogens is 630 g/mol. The highest BCUT2D eigenvalue weighted by Crippen LogP contribution is 2.38. The van der Waals surface area contributed by atoms with Gasteiger partial charge in [0.2, 0.25) is 0 Å². The summed E-state index contributed by atoms with van der Waals surface area (Å²) in [7, 11) is 0. The SMILES string of the molecule is Oc1cc(OCc2ccccc2)cc(OCc2ccccc2)c1C[C@H](O)[14C@H](O)c1ccc(OCc2ccccc2)c(OCc2ccccc2)c1. The molecule has 0 heterocycles. The second-order valence-corrected chi connectivity index (χ2v) is 11.9. The zero-order valence-corrected chi connectivity index (χ0v) is 27.6. The lowest BCUT2D eigenvalue weighted by Gasteiger charge is -2.22. The summed E-state index contributed by atoms with van der Waals surface area (Å²) in [4.78, 5) is 0. The lowest BCUT2D eigenvalue weighted by molar-refractivity contribution is 0.0180. The van der Waals surface area contributed by atoms with Crippen molar-refractivity contribution in [1.29, 1.82) is 0 Å². The first kappa shape index (κ1) is 34.1. The maximum atomic E-state index is 11.4. The molecule has 0 unspecified atom stereocenters. The van der Waals surface area contributed by atoms with Crippen LogP contribution in [0.1, 0.15) is 39.5 Å². The molecule has 6 rings (SSSR count). The number of phenolic OH excluding ortho intramolecular Hbond substituents is 1. The Balaban J connectivity index is 1.22. The molecule has 6 aromatic carbocycles. The largest absolute Gasteiger partial charge is 0.507 e. The van der Waals surface area contributed by atoms with Gasteiger partial charge in [0.25, 0.3) is 0 Å². The van der Waals surface area contributed by atoms with Crippen molar-refractivity contribution in [3.63, 3.8) is 0 Å². The van der Waals surface area contributed by atoms with Gasteiger partial charge in [-0.1, -0.05) is 127 Å². The van der Waals surface area contributed by atoms with Crippen LogP contribution in [-0.4, -0.2) is 21.4 Å². The van der Waals surface area contributed by atoms with Crippen LogP contribution >= 0.6 is 0 Å². The quantitative estimate of drug-likeness (QED) is 0.0953. The molecule has 0 amide bonds. The van der Waals surface area contributed by atoms with Gasteiger partial charge in [0, 0.05) is 24.1 Å². The van der Waals surface area contributed by atoms with E-state index in [1.807, 2.05) is 121 Å². The summed E-state index contributed by atoms with van der Waals surface area (Å²) in [5.74, 6) is 1.60. The topological polar surface area (TPSA) is 97.6 Å². The zero-order valence-electron chi connectivity index (χ0n) is 27.6. The van der Waals surface area contributed by atoms with E-state index in [-0.39, 0.29) is 18.8 Å². The standard InChI is InChI=1S/C43H40O7/c44-38-24-36(47-27-31-13-5-1-6-14-31)25-41(49-29-33-17-9-3-10-18-33)37(38)26-39(45)43(46)35-21-22-40(48-28-32-15-7-2-8-16-32)42(23-35)50-30-34-19-11-4-12-20-34/h1-25,39,43-46H,26-30H2/t39-,43+/m0/s1/i43+2. The molecule has 2 atom stereocenters. The predicted octanol–water partition coefficient (Wildman–Crippen LogP) is 8.35. The number of benzene rings is 6. The van der Waals surface area contributed by atoms with Gasteiger partial charge in [0.15, 0.2) is 11.5 Å². The molecule has 0 fully saturated rings. The van der Waals surface area contributed by atoms with Crippen LogP contribution < -0.4 is 18.9 Å². The maximum absolute atomic E-state index is 11.4. The average Bonchev–Trinajstić information content (AvgIpc) is 3.17. The molecule has 0 aromatic heterocycles. The first-order valence-corrected chi connectivity index (χ1v) is 16.5.